The van der Waals surface area contributed by atoms with Crippen molar-refractivity contribution in [1.82, 2.24) is 25.1 Å². The number of nitrogens with zero attached hydrogens (tertiary/aromatic N) is 4. The highest BCUT2D eigenvalue weighted by Crippen LogP contribution is 2.28. The Bertz CT molecular complexity index is 791. The number of carbonyl (C=O) groups is 1. The van der Waals surface area contributed by atoms with E-state index in [4.69, 9.17) is 0 Å². The SMILES string of the molecule is O=C(NCc1nnc2ccc(-c3ccsc3)nn12)C1CC1. The molecule has 21 heavy (non-hydrogen) atoms. The second-order valence-electron chi connectivity index (χ2n) is 5.11. The number of hydrogen-bond acceptors (Lipinski definition) is 5. The Kier molecular flexibility index (Phi) is 2.92. The first-order valence-electron chi connectivity index (χ1n) is 6.83. The van der Waals surface area contributed by atoms with Crippen molar-refractivity contribution in [3.05, 3.63) is 34.8 Å². The molecule has 0 aliphatic heterocycles. The number of carbonyl (C=O) groups excluding carboxylic acids is 1. The minimum absolute atomic E-state index is 0.0979. The van der Waals surface area contributed by atoms with E-state index in [-0.39, 0.29) is 11.8 Å². The van der Waals surface area contributed by atoms with Crippen LogP contribution in [0.15, 0.2) is 29.0 Å². The second-order valence-corrected chi connectivity index (χ2v) is 5.89. The van der Waals surface area contributed by atoms with E-state index in [2.05, 4.69) is 20.6 Å². The van der Waals surface area contributed by atoms with Gasteiger partial charge in [0, 0.05) is 16.9 Å². The highest BCUT2D eigenvalue weighted by Gasteiger charge is 2.29. The molecule has 0 atom stereocenters. The number of fused-ring (bicyclic) bond motifs is 1. The van der Waals surface area contributed by atoms with Gasteiger partial charge in [-0.15, -0.1) is 10.2 Å². The van der Waals surface area contributed by atoms with Crippen LogP contribution in [0.3, 0.4) is 0 Å². The van der Waals surface area contributed by atoms with Crippen molar-refractivity contribution < 1.29 is 4.79 Å². The molecular formula is C14H13N5OS. The Labute approximate surface area is 124 Å². The topological polar surface area (TPSA) is 72.2 Å². The van der Waals surface area contributed by atoms with Gasteiger partial charge >= 0.3 is 0 Å². The highest BCUT2D eigenvalue weighted by molar-refractivity contribution is 7.08. The van der Waals surface area contributed by atoms with Crippen molar-refractivity contribution in [2.24, 2.45) is 5.92 Å². The van der Waals surface area contributed by atoms with Gasteiger partial charge in [0.15, 0.2) is 11.5 Å². The van der Waals surface area contributed by atoms with Crippen molar-refractivity contribution >= 4 is 22.9 Å². The van der Waals surface area contributed by atoms with Gasteiger partial charge in [-0.25, -0.2) is 0 Å². The van der Waals surface area contributed by atoms with Crippen LogP contribution in [-0.4, -0.2) is 25.7 Å². The summed E-state index contributed by atoms with van der Waals surface area (Å²) in [5.41, 5.74) is 2.63. The van der Waals surface area contributed by atoms with Crippen LogP contribution < -0.4 is 5.32 Å². The summed E-state index contributed by atoms with van der Waals surface area (Å²) >= 11 is 1.63. The molecule has 1 aliphatic carbocycles. The molecule has 3 heterocycles. The van der Waals surface area contributed by atoms with Crippen LogP contribution in [0.25, 0.3) is 16.9 Å². The predicted octanol–water partition coefficient (Wildman–Crippen LogP) is 1.88. The van der Waals surface area contributed by atoms with Crippen LogP contribution in [0.1, 0.15) is 18.7 Å². The standard InChI is InChI=1S/C14H13N5OS/c20-14(9-1-2-9)15-7-13-17-16-12-4-3-11(18-19(12)13)10-5-6-21-8-10/h3-6,8-9H,1-2,7H2,(H,15,20). The van der Waals surface area contributed by atoms with Crippen molar-refractivity contribution in [3.63, 3.8) is 0 Å². The minimum Gasteiger partial charge on any atom is -0.348 e. The monoisotopic (exact) mass is 299 g/mol. The third kappa shape index (κ3) is 2.40. The predicted molar refractivity (Wildman–Crippen MR) is 78.7 cm³/mol. The summed E-state index contributed by atoms with van der Waals surface area (Å²) in [6.07, 6.45) is 1.99. The number of aromatic nitrogens is 4. The molecule has 0 bridgehead atoms. The molecule has 1 fully saturated rings. The van der Waals surface area contributed by atoms with Gasteiger partial charge in [-0.1, -0.05) is 0 Å². The summed E-state index contributed by atoms with van der Waals surface area (Å²) in [5.74, 6) is 0.940. The molecule has 0 saturated heterocycles. The van der Waals surface area contributed by atoms with Gasteiger partial charge in [-0.2, -0.15) is 21.0 Å². The van der Waals surface area contributed by atoms with Gasteiger partial charge in [0.1, 0.15) is 0 Å². The fraction of sp³-hybridized carbons (Fsp3) is 0.286. The lowest BCUT2D eigenvalue weighted by Gasteiger charge is -2.03. The van der Waals surface area contributed by atoms with Gasteiger partial charge in [-0.3, -0.25) is 4.79 Å². The van der Waals surface area contributed by atoms with E-state index < -0.39 is 0 Å². The fourth-order valence-corrected chi connectivity index (χ4v) is 2.81. The van der Waals surface area contributed by atoms with E-state index in [9.17, 15) is 4.79 Å². The van der Waals surface area contributed by atoms with Gasteiger partial charge in [0.05, 0.1) is 12.2 Å². The summed E-state index contributed by atoms with van der Waals surface area (Å²) in [6.45, 7) is 0.358. The third-order valence-electron chi connectivity index (χ3n) is 3.51. The molecule has 1 N–H and O–H groups in total. The average Bonchev–Trinajstić information content (AvgIpc) is 3.07. The number of thiophene rings is 1. The Morgan fingerprint density at radius 3 is 3.00 bits per heavy atom. The van der Waals surface area contributed by atoms with E-state index in [0.29, 0.717) is 18.0 Å². The first kappa shape index (κ1) is 12.5. The number of nitrogens with one attached hydrogen (secondary N) is 1. The zero-order valence-electron chi connectivity index (χ0n) is 11.2. The molecule has 0 unspecified atom stereocenters. The molecule has 1 aliphatic rings. The molecule has 0 spiro atoms. The second kappa shape index (κ2) is 4.92. The maximum absolute atomic E-state index is 11.7. The molecule has 3 aromatic rings. The van der Waals surface area contributed by atoms with Crippen LogP contribution in [0.2, 0.25) is 0 Å². The van der Waals surface area contributed by atoms with Crippen molar-refractivity contribution in [3.8, 4) is 11.3 Å². The summed E-state index contributed by atoms with van der Waals surface area (Å²) in [6, 6.07) is 5.84. The first-order chi connectivity index (χ1) is 10.3. The molecule has 3 aromatic heterocycles. The Balaban J connectivity index is 1.62. The maximum Gasteiger partial charge on any atom is 0.223 e. The lowest BCUT2D eigenvalue weighted by atomic mass is 10.2. The van der Waals surface area contributed by atoms with Crippen LogP contribution in [-0.2, 0) is 11.3 Å². The van der Waals surface area contributed by atoms with Crippen molar-refractivity contribution in [2.45, 2.75) is 19.4 Å². The summed E-state index contributed by atoms with van der Waals surface area (Å²) < 4.78 is 1.69. The lowest BCUT2D eigenvalue weighted by Crippen LogP contribution is -2.25. The van der Waals surface area contributed by atoms with E-state index in [1.54, 1.807) is 15.9 Å². The van der Waals surface area contributed by atoms with E-state index in [0.717, 1.165) is 24.1 Å². The molecule has 0 aromatic carbocycles. The summed E-state index contributed by atoms with van der Waals surface area (Å²) in [5, 5.41) is 19.7. The lowest BCUT2D eigenvalue weighted by molar-refractivity contribution is -0.122. The molecule has 4 rings (SSSR count). The van der Waals surface area contributed by atoms with Crippen molar-refractivity contribution in [1.29, 1.82) is 0 Å². The van der Waals surface area contributed by atoms with Crippen LogP contribution in [0.5, 0.6) is 0 Å². The number of rotatable bonds is 4. The Hall–Kier alpha value is -2.28. The molecule has 106 valence electrons. The van der Waals surface area contributed by atoms with E-state index >= 15 is 0 Å². The van der Waals surface area contributed by atoms with Crippen LogP contribution in [0.4, 0.5) is 0 Å². The van der Waals surface area contributed by atoms with E-state index in [1.807, 2.05) is 29.0 Å². The largest absolute Gasteiger partial charge is 0.348 e. The normalized spacial score (nSPS) is 14.5. The fourth-order valence-electron chi connectivity index (χ4n) is 2.16. The summed E-state index contributed by atoms with van der Waals surface area (Å²) in [4.78, 5) is 11.7. The Morgan fingerprint density at radius 1 is 1.33 bits per heavy atom. The van der Waals surface area contributed by atoms with Crippen LogP contribution in [0, 0.1) is 5.92 Å². The molecule has 1 saturated carbocycles. The molecule has 1 amide bonds. The molecular weight excluding hydrogens is 286 g/mol. The maximum atomic E-state index is 11.7. The first-order valence-corrected chi connectivity index (χ1v) is 7.77. The quantitative estimate of drug-likeness (QED) is 0.798. The number of hydrogen-bond donors (Lipinski definition) is 1. The Morgan fingerprint density at radius 2 is 2.24 bits per heavy atom. The molecule has 0 radical (unpaired) electrons. The zero-order chi connectivity index (χ0) is 14.2. The minimum atomic E-state index is 0.0979. The average molecular weight is 299 g/mol. The van der Waals surface area contributed by atoms with Gasteiger partial charge < -0.3 is 5.32 Å². The molecule has 6 nitrogen and oxygen atoms in total. The third-order valence-corrected chi connectivity index (χ3v) is 4.20. The van der Waals surface area contributed by atoms with Gasteiger partial charge in [-0.05, 0) is 36.4 Å². The summed E-state index contributed by atoms with van der Waals surface area (Å²) in [7, 11) is 0. The van der Waals surface area contributed by atoms with Gasteiger partial charge in [0.25, 0.3) is 0 Å². The van der Waals surface area contributed by atoms with Gasteiger partial charge in [0.2, 0.25) is 5.91 Å². The molecule has 7 heteroatoms. The highest BCUT2D eigenvalue weighted by atomic mass is 32.1. The van der Waals surface area contributed by atoms with Crippen molar-refractivity contribution in [2.75, 3.05) is 0 Å². The van der Waals surface area contributed by atoms with Crippen LogP contribution >= 0.6 is 11.3 Å². The van der Waals surface area contributed by atoms with E-state index in [1.165, 1.54) is 0 Å². The zero-order valence-corrected chi connectivity index (χ0v) is 12.0. The number of amides is 1. The smallest absolute Gasteiger partial charge is 0.223 e.